The second-order valence-corrected chi connectivity index (χ2v) is 7.39. The van der Waals surface area contributed by atoms with Gasteiger partial charge in [0.25, 0.3) is 0 Å². The highest BCUT2D eigenvalue weighted by molar-refractivity contribution is 4.84. The van der Waals surface area contributed by atoms with E-state index in [1.807, 2.05) is 0 Å². The number of hydrogen-bond donors (Lipinski definition) is 2. The maximum atomic E-state index is 10.1. The molecule has 1 atom stereocenters. The molecule has 3 nitrogen and oxygen atoms in total. The standard InChI is InChI=1S/C15H30N2O/c1-15(2,3)16-8-14(18)11-17(9-12-4-5-12)10-13-6-7-13/h12-14,16,18H,4-11H2,1-3H3. The summed E-state index contributed by atoms with van der Waals surface area (Å²) in [5.74, 6) is 1.85. The Morgan fingerprint density at radius 3 is 2.00 bits per heavy atom. The van der Waals surface area contributed by atoms with Gasteiger partial charge in [0, 0.05) is 31.7 Å². The number of aliphatic hydroxyl groups is 1. The summed E-state index contributed by atoms with van der Waals surface area (Å²) >= 11 is 0. The number of rotatable bonds is 8. The van der Waals surface area contributed by atoms with Crippen molar-refractivity contribution in [2.45, 2.75) is 58.1 Å². The summed E-state index contributed by atoms with van der Waals surface area (Å²) in [6.07, 6.45) is 5.37. The molecule has 0 heterocycles. The Bertz CT molecular complexity index is 240. The summed E-state index contributed by atoms with van der Waals surface area (Å²) in [5.41, 5.74) is 0.0960. The zero-order valence-corrected chi connectivity index (χ0v) is 12.3. The second kappa shape index (κ2) is 5.89. The fraction of sp³-hybridized carbons (Fsp3) is 1.00. The molecule has 2 rings (SSSR count). The van der Waals surface area contributed by atoms with Gasteiger partial charge in [0.05, 0.1) is 6.10 Å². The second-order valence-electron chi connectivity index (χ2n) is 7.39. The maximum absolute atomic E-state index is 10.1. The third kappa shape index (κ3) is 6.17. The Balaban J connectivity index is 1.68. The Labute approximate surface area is 112 Å². The summed E-state index contributed by atoms with van der Waals surface area (Å²) in [7, 11) is 0. The smallest absolute Gasteiger partial charge is 0.0791 e. The predicted octanol–water partition coefficient (Wildman–Crippen LogP) is 1.86. The summed E-state index contributed by atoms with van der Waals surface area (Å²) in [6.45, 7) is 10.4. The average molecular weight is 254 g/mol. The molecule has 106 valence electrons. The van der Waals surface area contributed by atoms with Crippen molar-refractivity contribution >= 4 is 0 Å². The molecule has 0 radical (unpaired) electrons. The largest absolute Gasteiger partial charge is 0.390 e. The summed E-state index contributed by atoms with van der Waals surface area (Å²) in [4.78, 5) is 2.50. The highest BCUT2D eigenvalue weighted by Crippen LogP contribution is 2.33. The summed E-state index contributed by atoms with van der Waals surface area (Å²) in [6, 6.07) is 0. The number of nitrogens with zero attached hydrogens (tertiary/aromatic N) is 1. The van der Waals surface area contributed by atoms with Gasteiger partial charge in [-0.05, 0) is 58.3 Å². The van der Waals surface area contributed by atoms with E-state index in [1.54, 1.807) is 0 Å². The van der Waals surface area contributed by atoms with Gasteiger partial charge in [-0.15, -0.1) is 0 Å². The monoisotopic (exact) mass is 254 g/mol. The van der Waals surface area contributed by atoms with Crippen molar-refractivity contribution in [2.24, 2.45) is 11.8 Å². The van der Waals surface area contributed by atoms with Crippen LogP contribution in [0.2, 0.25) is 0 Å². The Kier molecular flexibility index (Phi) is 4.68. The number of β-amino-alcohol motifs (C(OH)–C–C–N with tert-alkyl or cyclic N) is 1. The van der Waals surface area contributed by atoms with E-state index < -0.39 is 0 Å². The quantitative estimate of drug-likeness (QED) is 0.694. The molecule has 2 aliphatic rings. The van der Waals surface area contributed by atoms with Crippen LogP contribution >= 0.6 is 0 Å². The van der Waals surface area contributed by atoms with Crippen LogP contribution in [0.15, 0.2) is 0 Å². The van der Waals surface area contributed by atoms with Crippen molar-refractivity contribution in [1.82, 2.24) is 10.2 Å². The van der Waals surface area contributed by atoms with E-state index in [-0.39, 0.29) is 11.6 Å². The normalized spacial score (nSPS) is 22.5. The first-order valence-corrected chi connectivity index (χ1v) is 7.58. The molecule has 2 fully saturated rings. The number of aliphatic hydroxyl groups excluding tert-OH is 1. The minimum Gasteiger partial charge on any atom is -0.390 e. The van der Waals surface area contributed by atoms with Gasteiger partial charge < -0.3 is 15.3 Å². The molecule has 0 aromatic carbocycles. The van der Waals surface area contributed by atoms with Gasteiger partial charge in [-0.2, -0.15) is 0 Å². The van der Waals surface area contributed by atoms with Crippen molar-refractivity contribution in [1.29, 1.82) is 0 Å². The van der Waals surface area contributed by atoms with Gasteiger partial charge in [-0.1, -0.05) is 0 Å². The van der Waals surface area contributed by atoms with E-state index in [4.69, 9.17) is 0 Å². The van der Waals surface area contributed by atoms with Gasteiger partial charge in [0.15, 0.2) is 0 Å². The number of nitrogens with one attached hydrogen (secondary N) is 1. The van der Waals surface area contributed by atoms with E-state index >= 15 is 0 Å². The molecule has 2 aliphatic carbocycles. The third-order valence-corrected chi connectivity index (χ3v) is 3.76. The van der Waals surface area contributed by atoms with Crippen molar-refractivity contribution in [3.05, 3.63) is 0 Å². The average Bonchev–Trinajstić information content (AvgIpc) is 3.09. The van der Waals surface area contributed by atoms with Crippen LogP contribution in [0.5, 0.6) is 0 Å². The van der Waals surface area contributed by atoms with Crippen molar-refractivity contribution < 1.29 is 5.11 Å². The minimum atomic E-state index is -0.235. The van der Waals surface area contributed by atoms with E-state index in [0.29, 0.717) is 6.54 Å². The van der Waals surface area contributed by atoms with Crippen LogP contribution in [0.4, 0.5) is 0 Å². The van der Waals surface area contributed by atoms with Crippen LogP contribution in [0.25, 0.3) is 0 Å². The van der Waals surface area contributed by atoms with E-state index in [1.165, 1.54) is 38.8 Å². The first-order valence-electron chi connectivity index (χ1n) is 7.58. The van der Waals surface area contributed by atoms with Crippen LogP contribution in [0.3, 0.4) is 0 Å². The minimum absolute atomic E-state index is 0.0960. The number of hydrogen-bond acceptors (Lipinski definition) is 3. The third-order valence-electron chi connectivity index (χ3n) is 3.76. The van der Waals surface area contributed by atoms with E-state index in [0.717, 1.165) is 18.4 Å². The zero-order valence-electron chi connectivity index (χ0n) is 12.3. The lowest BCUT2D eigenvalue weighted by molar-refractivity contribution is 0.1000. The lowest BCUT2D eigenvalue weighted by atomic mass is 10.1. The van der Waals surface area contributed by atoms with Crippen molar-refractivity contribution in [3.63, 3.8) is 0 Å². The molecule has 3 heteroatoms. The van der Waals surface area contributed by atoms with Gasteiger partial charge >= 0.3 is 0 Å². The summed E-state index contributed by atoms with van der Waals surface area (Å²) in [5, 5.41) is 13.5. The first-order chi connectivity index (χ1) is 8.42. The predicted molar refractivity (Wildman–Crippen MR) is 75.7 cm³/mol. The molecule has 0 aliphatic heterocycles. The van der Waals surface area contributed by atoms with Crippen LogP contribution in [0, 0.1) is 11.8 Å². The van der Waals surface area contributed by atoms with Crippen LogP contribution in [0.1, 0.15) is 46.5 Å². The highest BCUT2D eigenvalue weighted by atomic mass is 16.3. The SMILES string of the molecule is CC(C)(C)NCC(O)CN(CC1CC1)CC1CC1. The molecule has 0 bridgehead atoms. The molecule has 18 heavy (non-hydrogen) atoms. The van der Waals surface area contributed by atoms with Gasteiger partial charge in [0.2, 0.25) is 0 Å². The molecular weight excluding hydrogens is 224 g/mol. The van der Waals surface area contributed by atoms with E-state index in [2.05, 4.69) is 31.0 Å². The first kappa shape index (κ1) is 14.3. The molecule has 0 spiro atoms. The van der Waals surface area contributed by atoms with E-state index in [9.17, 15) is 5.11 Å². The molecule has 1 unspecified atom stereocenters. The van der Waals surface area contributed by atoms with Gasteiger partial charge in [-0.3, -0.25) is 0 Å². The zero-order chi connectivity index (χ0) is 13.2. The molecule has 0 aromatic rings. The molecule has 2 N–H and O–H groups in total. The van der Waals surface area contributed by atoms with Gasteiger partial charge in [0.1, 0.15) is 0 Å². The maximum Gasteiger partial charge on any atom is 0.0791 e. The molecule has 0 amide bonds. The lowest BCUT2D eigenvalue weighted by Crippen LogP contribution is -2.45. The van der Waals surface area contributed by atoms with Gasteiger partial charge in [-0.25, -0.2) is 0 Å². The van der Waals surface area contributed by atoms with Crippen molar-refractivity contribution in [2.75, 3.05) is 26.2 Å². The Morgan fingerprint density at radius 1 is 1.11 bits per heavy atom. The lowest BCUT2D eigenvalue weighted by Gasteiger charge is -2.28. The molecule has 2 saturated carbocycles. The fourth-order valence-corrected chi connectivity index (χ4v) is 2.34. The topological polar surface area (TPSA) is 35.5 Å². The molecule has 0 aromatic heterocycles. The summed E-state index contributed by atoms with van der Waals surface area (Å²) < 4.78 is 0. The van der Waals surface area contributed by atoms with Crippen molar-refractivity contribution in [3.8, 4) is 0 Å². The Morgan fingerprint density at radius 2 is 1.61 bits per heavy atom. The van der Waals surface area contributed by atoms with Crippen LogP contribution in [-0.4, -0.2) is 47.8 Å². The fourth-order valence-electron chi connectivity index (χ4n) is 2.34. The van der Waals surface area contributed by atoms with Crippen LogP contribution < -0.4 is 5.32 Å². The van der Waals surface area contributed by atoms with Crippen LogP contribution in [-0.2, 0) is 0 Å². The molecular formula is C15H30N2O. The highest BCUT2D eigenvalue weighted by Gasteiger charge is 2.30. The Hall–Kier alpha value is -0.120. The molecule has 0 saturated heterocycles.